The van der Waals surface area contributed by atoms with Crippen LogP contribution in [0.1, 0.15) is 12.1 Å². The number of hydrogen-bond acceptors (Lipinski definition) is 2. The van der Waals surface area contributed by atoms with Gasteiger partial charge in [-0.05, 0) is 48.2 Å². The van der Waals surface area contributed by atoms with Crippen LogP contribution in [0, 0.1) is 5.82 Å². The number of benzene rings is 2. The maximum atomic E-state index is 13.2. The minimum atomic E-state index is -0.225. The van der Waals surface area contributed by atoms with Gasteiger partial charge in [0.25, 0.3) is 0 Å². The Morgan fingerprint density at radius 2 is 1.91 bits per heavy atom. The Hall–Kier alpha value is -2.62. The third kappa shape index (κ3) is 3.73. The lowest BCUT2D eigenvalue weighted by Crippen LogP contribution is -1.99. The molecular formula is C18H17FN2O. The SMILES string of the molecule is Fc1cccc(-c2ccc(OCCCc3cnc[nH]3)cc2)c1. The molecule has 0 saturated carbocycles. The van der Waals surface area contributed by atoms with Crippen LogP contribution < -0.4 is 4.74 Å². The molecule has 0 unspecified atom stereocenters. The molecule has 1 heterocycles. The monoisotopic (exact) mass is 296 g/mol. The van der Waals surface area contributed by atoms with Gasteiger partial charge in [-0.25, -0.2) is 9.37 Å². The fraction of sp³-hybridized carbons (Fsp3) is 0.167. The van der Waals surface area contributed by atoms with Gasteiger partial charge in [-0.15, -0.1) is 0 Å². The zero-order valence-corrected chi connectivity index (χ0v) is 12.1. The normalized spacial score (nSPS) is 10.6. The quantitative estimate of drug-likeness (QED) is 0.691. The molecule has 0 bridgehead atoms. The second-order valence-electron chi connectivity index (χ2n) is 5.06. The van der Waals surface area contributed by atoms with E-state index in [0.717, 1.165) is 35.4 Å². The summed E-state index contributed by atoms with van der Waals surface area (Å²) < 4.78 is 18.9. The van der Waals surface area contributed by atoms with Gasteiger partial charge in [0.2, 0.25) is 0 Å². The average molecular weight is 296 g/mol. The van der Waals surface area contributed by atoms with E-state index in [1.54, 1.807) is 12.4 Å². The molecule has 0 fully saturated rings. The third-order valence-electron chi connectivity index (χ3n) is 3.43. The van der Waals surface area contributed by atoms with Crippen LogP contribution in [-0.2, 0) is 6.42 Å². The number of aryl methyl sites for hydroxylation is 1. The van der Waals surface area contributed by atoms with Crippen LogP contribution in [0.4, 0.5) is 4.39 Å². The molecule has 0 aliphatic carbocycles. The highest BCUT2D eigenvalue weighted by molar-refractivity contribution is 5.64. The van der Waals surface area contributed by atoms with Crippen molar-refractivity contribution in [3.05, 3.63) is 72.6 Å². The molecule has 1 aromatic heterocycles. The minimum Gasteiger partial charge on any atom is -0.494 e. The molecule has 0 spiro atoms. The van der Waals surface area contributed by atoms with E-state index in [0.29, 0.717) is 6.61 Å². The number of aromatic nitrogens is 2. The molecule has 1 N–H and O–H groups in total. The van der Waals surface area contributed by atoms with Crippen molar-refractivity contribution in [1.29, 1.82) is 0 Å². The van der Waals surface area contributed by atoms with Crippen LogP contribution in [0.25, 0.3) is 11.1 Å². The molecule has 3 aromatic rings. The molecule has 4 heteroatoms. The predicted molar refractivity (Wildman–Crippen MR) is 84.2 cm³/mol. The number of nitrogens with one attached hydrogen (secondary N) is 1. The lowest BCUT2D eigenvalue weighted by Gasteiger charge is -2.07. The number of hydrogen-bond donors (Lipinski definition) is 1. The first-order chi connectivity index (χ1) is 10.8. The number of rotatable bonds is 6. The highest BCUT2D eigenvalue weighted by Crippen LogP contribution is 2.23. The van der Waals surface area contributed by atoms with Crippen LogP contribution in [0.3, 0.4) is 0 Å². The standard InChI is InChI=1S/C18H17FN2O/c19-16-4-1-3-15(11-16)14-6-8-18(9-7-14)22-10-2-5-17-12-20-13-21-17/h1,3-4,6-9,11-13H,2,5,10H2,(H,20,21). The van der Waals surface area contributed by atoms with Crippen molar-refractivity contribution >= 4 is 0 Å². The molecular weight excluding hydrogens is 279 g/mol. The van der Waals surface area contributed by atoms with Gasteiger partial charge in [0, 0.05) is 11.9 Å². The topological polar surface area (TPSA) is 37.9 Å². The van der Waals surface area contributed by atoms with Crippen molar-refractivity contribution in [2.45, 2.75) is 12.8 Å². The van der Waals surface area contributed by atoms with Crippen LogP contribution in [0.2, 0.25) is 0 Å². The van der Waals surface area contributed by atoms with Crippen molar-refractivity contribution in [3.63, 3.8) is 0 Å². The summed E-state index contributed by atoms with van der Waals surface area (Å²) in [4.78, 5) is 7.05. The van der Waals surface area contributed by atoms with E-state index in [-0.39, 0.29) is 5.82 Å². The van der Waals surface area contributed by atoms with E-state index >= 15 is 0 Å². The number of halogens is 1. The Labute approximate surface area is 128 Å². The molecule has 0 atom stereocenters. The van der Waals surface area contributed by atoms with Gasteiger partial charge in [0.1, 0.15) is 11.6 Å². The molecule has 0 aliphatic heterocycles. The largest absolute Gasteiger partial charge is 0.494 e. The molecule has 112 valence electrons. The summed E-state index contributed by atoms with van der Waals surface area (Å²) in [5.41, 5.74) is 2.96. The van der Waals surface area contributed by atoms with Crippen molar-refractivity contribution in [2.24, 2.45) is 0 Å². The van der Waals surface area contributed by atoms with Crippen LogP contribution in [0.5, 0.6) is 5.75 Å². The van der Waals surface area contributed by atoms with E-state index in [1.807, 2.05) is 36.5 Å². The smallest absolute Gasteiger partial charge is 0.123 e. The summed E-state index contributed by atoms with van der Waals surface area (Å²) in [5, 5.41) is 0. The Bertz CT molecular complexity index is 708. The lowest BCUT2D eigenvalue weighted by atomic mass is 10.1. The summed E-state index contributed by atoms with van der Waals surface area (Å²) in [7, 11) is 0. The first kappa shape index (κ1) is 14.3. The Morgan fingerprint density at radius 1 is 1.05 bits per heavy atom. The van der Waals surface area contributed by atoms with E-state index in [9.17, 15) is 4.39 Å². The first-order valence-corrected chi connectivity index (χ1v) is 7.27. The molecule has 22 heavy (non-hydrogen) atoms. The van der Waals surface area contributed by atoms with Gasteiger partial charge >= 0.3 is 0 Å². The van der Waals surface area contributed by atoms with Crippen molar-refractivity contribution in [3.8, 4) is 16.9 Å². The van der Waals surface area contributed by atoms with Gasteiger partial charge in [-0.2, -0.15) is 0 Å². The predicted octanol–water partition coefficient (Wildman–Crippen LogP) is 4.23. The molecule has 0 radical (unpaired) electrons. The molecule has 2 aromatic carbocycles. The average Bonchev–Trinajstić information content (AvgIpc) is 3.06. The van der Waals surface area contributed by atoms with E-state index in [1.165, 1.54) is 12.1 Å². The summed E-state index contributed by atoms with van der Waals surface area (Å²) in [5.74, 6) is 0.599. The molecule has 0 aliphatic rings. The van der Waals surface area contributed by atoms with Gasteiger partial charge in [-0.3, -0.25) is 0 Å². The summed E-state index contributed by atoms with van der Waals surface area (Å²) in [6.07, 6.45) is 5.35. The Balaban J connectivity index is 1.53. The van der Waals surface area contributed by atoms with Crippen molar-refractivity contribution in [2.75, 3.05) is 6.61 Å². The van der Waals surface area contributed by atoms with Gasteiger partial charge in [0.05, 0.1) is 12.9 Å². The first-order valence-electron chi connectivity index (χ1n) is 7.27. The Morgan fingerprint density at radius 3 is 2.64 bits per heavy atom. The van der Waals surface area contributed by atoms with Crippen molar-refractivity contribution < 1.29 is 9.13 Å². The van der Waals surface area contributed by atoms with E-state index in [2.05, 4.69) is 9.97 Å². The number of imidazole rings is 1. The van der Waals surface area contributed by atoms with Gasteiger partial charge in [-0.1, -0.05) is 24.3 Å². The lowest BCUT2D eigenvalue weighted by molar-refractivity contribution is 0.310. The minimum absolute atomic E-state index is 0.225. The van der Waals surface area contributed by atoms with Crippen LogP contribution >= 0.6 is 0 Å². The molecule has 0 amide bonds. The number of aromatic amines is 1. The fourth-order valence-corrected chi connectivity index (χ4v) is 2.29. The molecule has 0 saturated heterocycles. The van der Waals surface area contributed by atoms with E-state index in [4.69, 9.17) is 4.74 Å². The molecule has 3 rings (SSSR count). The van der Waals surface area contributed by atoms with Gasteiger partial charge < -0.3 is 9.72 Å². The van der Waals surface area contributed by atoms with Crippen LogP contribution in [0.15, 0.2) is 61.1 Å². The highest BCUT2D eigenvalue weighted by Gasteiger charge is 2.01. The van der Waals surface area contributed by atoms with Crippen molar-refractivity contribution in [1.82, 2.24) is 9.97 Å². The maximum absolute atomic E-state index is 13.2. The number of ether oxygens (including phenoxy) is 1. The summed E-state index contributed by atoms with van der Waals surface area (Å²) in [6.45, 7) is 0.651. The van der Waals surface area contributed by atoms with Gasteiger partial charge in [0.15, 0.2) is 0 Å². The zero-order chi connectivity index (χ0) is 15.2. The number of H-pyrrole nitrogens is 1. The number of nitrogens with zero attached hydrogens (tertiary/aromatic N) is 1. The Kier molecular flexibility index (Phi) is 4.49. The van der Waals surface area contributed by atoms with Crippen LogP contribution in [-0.4, -0.2) is 16.6 Å². The fourth-order valence-electron chi connectivity index (χ4n) is 2.29. The maximum Gasteiger partial charge on any atom is 0.123 e. The highest BCUT2D eigenvalue weighted by atomic mass is 19.1. The second kappa shape index (κ2) is 6.89. The summed E-state index contributed by atoms with van der Waals surface area (Å²) in [6, 6.07) is 14.3. The van der Waals surface area contributed by atoms with E-state index < -0.39 is 0 Å². The second-order valence-corrected chi connectivity index (χ2v) is 5.06. The summed E-state index contributed by atoms with van der Waals surface area (Å²) >= 11 is 0. The third-order valence-corrected chi connectivity index (χ3v) is 3.43. The zero-order valence-electron chi connectivity index (χ0n) is 12.1. The molecule has 3 nitrogen and oxygen atoms in total.